The molecule has 2 atom stereocenters. The largest absolute Gasteiger partial charge is 0.480 e. The van der Waals surface area contributed by atoms with Gasteiger partial charge in [0.05, 0.1) is 0 Å². The summed E-state index contributed by atoms with van der Waals surface area (Å²) >= 11 is 1.46. The van der Waals surface area contributed by atoms with E-state index in [0.717, 1.165) is 25.0 Å². The summed E-state index contributed by atoms with van der Waals surface area (Å²) in [5.41, 5.74) is 5.28. The Kier molecular flexibility index (Phi) is 11.0. The molecule has 7 nitrogen and oxygen atoms in total. The average molecular weight is 381 g/mol. The number of carboxylic acids is 2. The van der Waals surface area contributed by atoms with E-state index in [-0.39, 0.29) is 52.5 Å². The Hall–Kier alpha value is -0.540. The van der Waals surface area contributed by atoms with Crippen LogP contribution in [0.1, 0.15) is 39.5 Å². The van der Waals surface area contributed by atoms with Gasteiger partial charge in [0.1, 0.15) is 11.7 Å². The van der Waals surface area contributed by atoms with Crippen LogP contribution < -0.4 is 11.1 Å². The predicted molar refractivity (Wildman–Crippen MR) is 98.3 cm³/mol. The van der Waals surface area contributed by atoms with E-state index in [1.165, 1.54) is 17.8 Å². The number of nitrogens with two attached hydrogens (primary N) is 1. The minimum absolute atomic E-state index is 0. The molecule has 1 saturated carbocycles. The Balaban J connectivity index is 0.00000576. The minimum Gasteiger partial charge on any atom is -0.480 e. The summed E-state index contributed by atoms with van der Waals surface area (Å²) in [6.45, 7) is 3.96. The third kappa shape index (κ3) is 9.10. The number of allylic oxidation sites excluding steroid dienone is 1. The van der Waals surface area contributed by atoms with E-state index in [9.17, 15) is 14.4 Å². The molecule has 25 heavy (non-hydrogen) atoms. The van der Waals surface area contributed by atoms with E-state index in [0.29, 0.717) is 12.2 Å². The summed E-state index contributed by atoms with van der Waals surface area (Å²) in [4.78, 5) is 33.7. The molecule has 1 rings (SSSR count). The fourth-order valence-electron chi connectivity index (χ4n) is 2.20. The molecule has 1 aliphatic rings. The van der Waals surface area contributed by atoms with Crippen LogP contribution in [0.4, 0.5) is 0 Å². The Morgan fingerprint density at radius 3 is 2.40 bits per heavy atom. The summed E-state index contributed by atoms with van der Waals surface area (Å²) in [7, 11) is 0. The molecule has 1 aliphatic carbocycles. The second-order valence-electron chi connectivity index (χ2n) is 6.67. The molecule has 0 aromatic rings. The Morgan fingerprint density at radius 2 is 1.92 bits per heavy atom. The number of rotatable bonds is 11. The normalized spacial score (nSPS) is 19.5. The first-order valence-corrected chi connectivity index (χ1v) is 9.11. The zero-order valence-electron chi connectivity index (χ0n) is 15.1. The van der Waals surface area contributed by atoms with E-state index in [4.69, 9.17) is 15.9 Å². The molecule has 5 N–H and O–H groups in total. The van der Waals surface area contributed by atoms with Gasteiger partial charge in [0, 0.05) is 41.2 Å². The number of carboxylic acid groups (broad SMARTS) is 2. The number of unbranched alkanes of at least 4 members (excludes halogenated alkanes) is 2. The van der Waals surface area contributed by atoms with Crippen LogP contribution >= 0.6 is 11.8 Å². The van der Waals surface area contributed by atoms with Gasteiger partial charge in [0.15, 0.2) is 0 Å². The summed E-state index contributed by atoms with van der Waals surface area (Å²) < 4.78 is 0. The maximum absolute atomic E-state index is 12.0. The molecule has 0 saturated heterocycles. The zero-order valence-corrected chi connectivity index (χ0v) is 17.9. The van der Waals surface area contributed by atoms with Gasteiger partial charge in [-0.3, -0.25) is 9.59 Å². The average Bonchev–Trinajstić information content (AvgIpc) is 3.13. The van der Waals surface area contributed by atoms with Gasteiger partial charge < -0.3 is 21.3 Å². The second-order valence-corrected chi connectivity index (χ2v) is 7.82. The van der Waals surface area contributed by atoms with Gasteiger partial charge in [-0.2, -0.15) is 11.8 Å². The van der Waals surface area contributed by atoms with Gasteiger partial charge in [-0.15, -0.1) is 0 Å². The predicted octanol–water partition coefficient (Wildman–Crippen LogP) is 1.05. The van der Waals surface area contributed by atoms with Crippen molar-refractivity contribution in [3.8, 4) is 0 Å². The molecule has 1 amide bonds. The number of aliphatic carboxylic acids is 2. The van der Waals surface area contributed by atoms with Gasteiger partial charge >= 0.3 is 11.9 Å². The van der Waals surface area contributed by atoms with E-state index >= 15 is 0 Å². The van der Waals surface area contributed by atoms with Crippen LogP contribution in [-0.2, 0) is 14.4 Å². The van der Waals surface area contributed by atoms with E-state index in [1.807, 2.05) is 13.8 Å². The van der Waals surface area contributed by atoms with Crippen molar-refractivity contribution in [1.82, 2.24) is 5.32 Å². The molecule has 0 bridgehead atoms. The Bertz CT molecular complexity index is 525. The van der Waals surface area contributed by atoms with E-state index in [1.54, 1.807) is 0 Å². The van der Waals surface area contributed by atoms with Crippen LogP contribution in [0.2, 0.25) is 0 Å². The van der Waals surface area contributed by atoms with Crippen LogP contribution in [-0.4, -0.2) is 75.2 Å². The molecule has 0 spiro atoms. The number of amides is 1. The molecule has 0 aliphatic heterocycles. The minimum atomic E-state index is -1.14. The Labute approximate surface area is 174 Å². The fourth-order valence-corrected chi connectivity index (χ4v) is 3.17. The Morgan fingerprint density at radius 1 is 1.32 bits per heavy atom. The smallest absolute Gasteiger partial charge is 0.352 e. The number of carbonyl (C=O) groups is 3. The van der Waals surface area contributed by atoms with Crippen LogP contribution in [0.5, 0.6) is 0 Å². The zero-order chi connectivity index (χ0) is 18.3. The van der Waals surface area contributed by atoms with Crippen molar-refractivity contribution in [3.05, 3.63) is 11.8 Å². The first kappa shape index (κ1) is 24.5. The van der Waals surface area contributed by atoms with Crippen molar-refractivity contribution in [2.24, 2.45) is 17.1 Å². The maximum Gasteiger partial charge on any atom is 0.352 e. The number of carbonyl (C=O) groups excluding carboxylic acids is 1. The number of hydrogen-bond acceptors (Lipinski definition) is 5. The van der Waals surface area contributed by atoms with E-state index in [2.05, 4.69) is 5.32 Å². The van der Waals surface area contributed by atoms with Gasteiger partial charge in [0.2, 0.25) is 5.91 Å². The van der Waals surface area contributed by atoms with Crippen LogP contribution in [0, 0.1) is 11.3 Å². The summed E-state index contributed by atoms with van der Waals surface area (Å²) in [6, 6.07) is -0.851. The first-order chi connectivity index (χ1) is 11.1. The molecule has 0 unspecified atom stereocenters. The fraction of sp³-hybridized carbons (Fsp3) is 0.688. The number of nitrogens with one attached hydrogen (secondary N) is 1. The SMILES string of the molecule is CC1(C)C[C@@H]1C(=O)N/C(=C\CCCCSC[C@H](N)C(=O)O)C(=O)O.[Na]. The van der Waals surface area contributed by atoms with Crippen molar-refractivity contribution in [2.45, 2.75) is 45.6 Å². The molecule has 137 valence electrons. The standard InChI is InChI=1S/C16H26N2O5S.Na/c1-16(2)8-10(16)13(19)18-12(15(22)23)6-4-3-5-7-24-9-11(17)14(20)21;/h6,10-11H,3-5,7-9,17H2,1-2H3,(H,18,19)(H,20,21)(H,22,23);/b12-6-;/t10-,11+;/m1./s1. The third-order valence-electron chi connectivity index (χ3n) is 4.02. The molecule has 0 heterocycles. The molecule has 1 fully saturated rings. The molecular weight excluding hydrogens is 355 g/mol. The van der Waals surface area contributed by atoms with Crippen molar-refractivity contribution in [2.75, 3.05) is 11.5 Å². The van der Waals surface area contributed by atoms with Crippen molar-refractivity contribution in [3.63, 3.8) is 0 Å². The van der Waals surface area contributed by atoms with Gasteiger partial charge in [0.25, 0.3) is 0 Å². The first-order valence-electron chi connectivity index (χ1n) is 7.95. The summed E-state index contributed by atoms with van der Waals surface area (Å²) in [5.74, 6) is -1.37. The number of hydrogen-bond donors (Lipinski definition) is 4. The molecular formula is C16H26N2NaO5S. The topological polar surface area (TPSA) is 130 Å². The summed E-state index contributed by atoms with van der Waals surface area (Å²) in [5, 5.41) is 20.3. The monoisotopic (exact) mass is 381 g/mol. The maximum atomic E-state index is 12.0. The molecule has 0 aromatic heterocycles. The van der Waals surface area contributed by atoms with E-state index < -0.39 is 18.0 Å². The van der Waals surface area contributed by atoms with Gasteiger partial charge in [-0.25, -0.2) is 4.79 Å². The second kappa shape index (κ2) is 11.2. The van der Waals surface area contributed by atoms with Crippen LogP contribution in [0.25, 0.3) is 0 Å². The van der Waals surface area contributed by atoms with Gasteiger partial charge in [-0.05, 0) is 36.9 Å². The van der Waals surface area contributed by atoms with Crippen molar-refractivity contribution < 1.29 is 24.6 Å². The van der Waals surface area contributed by atoms with Crippen LogP contribution in [0.3, 0.4) is 0 Å². The van der Waals surface area contributed by atoms with Crippen LogP contribution in [0.15, 0.2) is 11.8 Å². The third-order valence-corrected chi connectivity index (χ3v) is 5.20. The number of thioether (sulfide) groups is 1. The quantitative estimate of drug-likeness (QED) is 0.239. The molecule has 9 heteroatoms. The molecule has 1 radical (unpaired) electrons. The summed E-state index contributed by atoms with van der Waals surface area (Å²) in [6.07, 6.45) is 4.44. The van der Waals surface area contributed by atoms with Crippen molar-refractivity contribution >= 4 is 59.2 Å². The van der Waals surface area contributed by atoms with Gasteiger partial charge in [-0.1, -0.05) is 19.9 Å². The van der Waals surface area contributed by atoms with Crippen molar-refractivity contribution in [1.29, 1.82) is 0 Å². The molecule has 0 aromatic carbocycles.